The molecule has 2 aromatic carbocycles. The molecule has 2 rings (SSSR count). The molecule has 2 amide bonds. The van der Waals surface area contributed by atoms with Gasteiger partial charge in [0.1, 0.15) is 0 Å². The Balaban J connectivity index is 1.87. The highest BCUT2D eigenvalue weighted by molar-refractivity contribution is 6.34. The van der Waals surface area contributed by atoms with Crippen molar-refractivity contribution in [1.82, 2.24) is 5.32 Å². The number of nitrogens with one attached hydrogen (secondary N) is 2. The van der Waals surface area contributed by atoms with Crippen LogP contribution in [0.5, 0.6) is 0 Å². The largest absolute Gasteiger partial charge is 0.347 e. The molecule has 0 saturated carbocycles. The van der Waals surface area contributed by atoms with Crippen LogP contribution in [0.4, 0.5) is 5.69 Å². The van der Waals surface area contributed by atoms with Gasteiger partial charge in [0.15, 0.2) is 0 Å². The van der Waals surface area contributed by atoms with E-state index in [-0.39, 0.29) is 24.8 Å². The highest BCUT2D eigenvalue weighted by Crippen LogP contribution is 2.27. The third-order valence-electron chi connectivity index (χ3n) is 3.35. The van der Waals surface area contributed by atoms with Crippen molar-refractivity contribution >= 4 is 29.1 Å². The third kappa shape index (κ3) is 5.11. The van der Waals surface area contributed by atoms with E-state index in [1.165, 1.54) is 0 Å². The second-order valence-electron chi connectivity index (χ2n) is 5.43. The van der Waals surface area contributed by atoms with Crippen LogP contribution < -0.4 is 10.6 Å². The second-order valence-corrected chi connectivity index (χ2v) is 5.83. The van der Waals surface area contributed by atoms with Crippen LogP contribution in [0.25, 0.3) is 0 Å². The number of amides is 2. The maximum Gasteiger partial charge on any atom is 0.243 e. The zero-order valence-electron chi connectivity index (χ0n) is 13.2. The van der Waals surface area contributed by atoms with E-state index >= 15 is 0 Å². The quantitative estimate of drug-likeness (QED) is 0.884. The molecule has 2 N–H and O–H groups in total. The van der Waals surface area contributed by atoms with Gasteiger partial charge in [-0.1, -0.05) is 48.0 Å². The van der Waals surface area contributed by atoms with Crippen LogP contribution in [0.3, 0.4) is 0 Å². The van der Waals surface area contributed by atoms with Crippen molar-refractivity contribution < 1.29 is 9.59 Å². The van der Waals surface area contributed by atoms with E-state index in [0.717, 1.165) is 16.7 Å². The van der Waals surface area contributed by atoms with Gasteiger partial charge in [-0.15, -0.1) is 0 Å². The molecule has 0 unspecified atom stereocenters. The lowest BCUT2D eigenvalue weighted by molar-refractivity contribution is -0.123. The minimum absolute atomic E-state index is 0.0880. The summed E-state index contributed by atoms with van der Waals surface area (Å²) in [6, 6.07) is 13.1. The Morgan fingerprint density at radius 3 is 2.39 bits per heavy atom. The van der Waals surface area contributed by atoms with Gasteiger partial charge in [0.25, 0.3) is 0 Å². The molecule has 0 atom stereocenters. The topological polar surface area (TPSA) is 58.2 Å². The molecule has 0 aliphatic heterocycles. The fraction of sp³-hybridized carbons (Fsp3) is 0.222. The van der Waals surface area contributed by atoms with E-state index in [0.29, 0.717) is 10.7 Å². The van der Waals surface area contributed by atoms with E-state index < -0.39 is 0 Å². The van der Waals surface area contributed by atoms with Gasteiger partial charge in [0.05, 0.1) is 23.7 Å². The maximum absolute atomic E-state index is 12.0. The molecule has 120 valence electrons. The fourth-order valence-electron chi connectivity index (χ4n) is 2.28. The van der Waals surface area contributed by atoms with E-state index in [1.807, 2.05) is 50.2 Å². The number of aryl methyl sites for hydroxylation is 2. The van der Waals surface area contributed by atoms with Gasteiger partial charge in [0.2, 0.25) is 11.8 Å². The van der Waals surface area contributed by atoms with Crippen molar-refractivity contribution in [3.63, 3.8) is 0 Å². The average Bonchev–Trinajstić information content (AvgIpc) is 2.50. The number of carbonyl (C=O) groups excluding carboxylic acids is 2. The molecule has 0 aliphatic rings. The van der Waals surface area contributed by atoms with Crippen molar-refractivity contribution in [2.24, 2.45) is 0 Å². The van der Waals surface area contributed by atoms with Crippen LogP contribution in [-0.4, -0.2) is 18.4 Å². The summed E-state index contributed by atoms with van der Waals surface area (Å²) < 4.78 is 0. The van der Waals surface area contributed by atoms with Gasteiger partial charge in [-0.05, 0) is 36.6 Å². The molecule has 0 heterocycles. The van der Waals surface area contributed by atoms with Crippen LogP contribution in [0.1, 0.15) is 16.7 Å². The van der Waals surface area contributed by atoms with Crippen molar-refractivity contribution in [2.45, 2.75) is 20.3 Å². The van der Waals surface area contributed by atoms with E-state index in [9.17, 15) is 9.59 Å². The number of benzene rings is 2. The first-order valence-electron chi connectivity index (χ1n) is 7.33. The van der Waals surface area contributed by atoms with Crippen molar-refractivity contribution in [3.8, 4) is 0 Å². The molecule has 0 radical (unpaired) electrons. The van der Waals surface area contributed by atoms with Gasteiger partial charge in [-0.25, -0.2) is 0 Å². The smallest absolute Gasteiger partial charge is 0.243 e. The van der Waals surface area contributed by atoms with Gasteiger partial charge in [-0.2, -0.15) is 0 Å². The third-order valence-corrected chi connectivity index (χ3v) is 3.65. The number of hydrogen-bond donors (Lipinski definition) is 2. The number of hydrogen-bond acceptors (Lipinski definition) is 2. The van der Waals surface area contributed by atoms with Crippen LogP contribution in [0, 0.1) is 13.8 Å². The Labute approximate surface area is 140 Å². The summed E-state index contributed by atoms with van der Waals surface area (Å²) in [5.74, 6) is -0.502. The Morgan fingerprint density at radius 1 is 1.04 bits per heavy atom. The van der Waals surface area contributed by atoms with Crippen molar-refractivity contribution in [1.29, 1.82) is 0 Å². The zero-order valence-corrected chi connectivity index (χ0v) is 13.9. The van der Waals surface area contributed by atoms with Gasteiger partial charge >= 0.3 is 0 Å². The lowest BCUT2D eigenvalue weighted by Crippen LogP contribution is -2.34. The molecule has 0 saturated heterocycles. The standard InChI is InChI=1S/C18H19ClN2O2/c1-12-8-13(2)18(15(19)9-12)21-17(23)11-20-16(22)10-14-6-4-3-5-7-14/h3-9H,10-11H2,1-2H3,(H,20,22)(H,21,23). The fourth-order valence-corrected chi connectivity index (χ4v) is 2.65. The number of anilines is 1. The first-order chi connectivity index (χ1) is 11.0. The lowest BCUT2D eigenvalue weighted by atomic mass is 10.1. The summed E-state index contributed by atoms with van der Waals surface area (Å²) >= 11 is 6.15. The van der Waals surface area contributed by atoms with E-state index in [4.69, 9.17) is 11.6 Å². The van der Waals surface area contributed by atoms with Crippen molar-refractivity contribution in [2.75, 3.05) is 11.9 Å². The number of rotatable bonds is 5. The predicted molar refractivity (Wildman–Crippen MR) is 92.7 cm³/mol. The molecule has 0 bridgehead atoms. The van der Waals surface area contributed by atoms with E-state index in [2.05, 4.69) is 10.6 Å². The normalized spacial score (nSPS) is 10.2. The second kappa shape index (κ2) is 7.79. The molecule has 0 fully saturated rings. The highest BCUT2D eigenvalue weighted by atomic mass is 35.5. The molecule has 2 aromatic rings. The van der Waals surface area contributed by atoms with Gasteiger partial charge in [0, 0.05) is 0 Å². The van der Waals surface area contributed by atoms with Gasteiger partial charge in [-0.3, -0.25) is 9.59 Å². The number of carbonyl (C=O) groups is 2. The Kier molecular flexibility index (Phi) is 5.77. The predicted octanol–water partition coefficient (Wildman–Crippen LogP) is 3.25. The summed E-state index contributed by atoms with van der Waals surface area (Å²) in [7, 11) is 0. The highest BCUT2D eigenvalue weighted by Gasteiger charge is 2.11. The first-order valence-corrected chi connectivity index (χ1v) is 7.70. The molecule has 23 heavy (non-hydrogen) atoms. The Hall–Kier alpha value is -2.33. The summed E-state index contributed by atoms with van der Waals surface area (Å²) in [5, 5.41) is 5.84. The van der Waals surface area contributed by atoms with Crippen molar-refractivity contribution in [3.05, 3.63) is 64.2 Å². The van der Waals surface area contributed by atoms with Crippen LogP contribution in [0.2, 0.25) is 5.02 Å². The summed E-state index contributed by atoms with van der Waals surface area (Å²) in [4.78, 5) is 23.8. The summed E-state index contributed by atoms with van der Waals surface area (Å²) in [6.07, 6.45) is 0.248. The summed E-state index contributed by atoms with van der Waals surface area (Å²) in [6.45, 7) is 3.73. The van der Waals surface area contributed by atoms with E-state index in [1.54, 1.807) is 6.07 Å². The number of halogens is 1. The summed E-state index contributed by atoms with van der Waals surface area (Å²) in [5.41, 5.74) is 3.41. The zero-order chi connectivity index (χ0) is 16.8. The van der Waals surface area contributed by atoms with Crippen LogP contribution >= 0.6 is 11.6 Å². The first kappa shape index (κ1) is 17.0. The Bertz CT molecular complexity index is 691. The molecule has 0 aromatic heterocycles. The molecule has 0 aliphatic carbocycles. The average molecular weight is 331 g/mol. The molecule has 4 nitrogen and oxygen atoms in total. The van der Waals surface area contributed by atoms with Crippen LogP contribution in [-0.2, 0) is 16.0 Å². The molecular weight excluding hydrogens is 312 g/mol. The minimum Gasteiger partial charge on any atom is -0.347 e. The minimum atomic E-state index is -0.305. The van der Waals surface area contributed by atoms with Gasteiger partial charge < -0.3 is 10.6 Å². The molecule has 0 spiro atoms. The lowest BCUT2D eigenvalue weighted by Gasteiger charge is -2.12. The monoisotopic (exact) mass is 330 g/mol. The van der Waals surface area contributed by atoms with Crippen LogP contribution in [0.15, 0.2) is 42.5 Å². The molecular formula is C18H19ClN2O2. The molecule has 5 heteroatoms. The maximum atomic E-state index is 12.0. The SMILES string of the molecule is Cc1cc(C)c(NC(=O)CNC(=O)Cc2ccccc2)c(Cl)c1. The Morgan fingerprint density at radius 2 is 1.74 bits per heavy atom.